The molecule has 4 heavy (non-hydrogen) atoms. The molecule has 0 saturated carbocycles. The van der Waals surface area contributed by atoms with Gasteiger partial charge < -0.3 is 14.6 Å². The predicted octanol–water partition coefficient (Wildman–Crippen LogP) is -0.965. The zero-order valence-corrected chi connectivity index (χ0v) is 4.78. The summed E-state index contributed by atoms with van der Waals surface area (Å²) in [6.45, 7) is 0. The maximum absolute atomic E-state index is 4.00. The average Bonchev–Trinajstić information content (AvgIpc) is 1.00. The van der Waals surface area contributed by atoms with E-state index in [1.54, 1.807) is 0 Å². The van der Waals surface area contributed by atoms with Crippen LogP contribution in [0.15, 0.2) is 0 Å². The first kappa shape index (κ1) is 18.8. The van der Waals surface area contributed by atoms with E-state index in [9.17, 15) is 0 Å². The van der Waals surface area contributed by atoms with E-state index < -0.39 is 0 Å². The Labute approximate surface area is 60.1 Å². The number of rotatable bonds is 0. The Morgan fingerprint density at radius 3 is 1.50 bits per heavy atom. The molecule has 0 amide bonds. The fourth-order valence-electron chi connectivity index (χ4n) is 0. The van der Waals surface area contributed by atoms with Gasteiger partial charge in [0, 0.05) is 0 Å². The molecule has 0 rings (SSSR count). The molecule has 0 saturated heterocycles. The fraction of sp³-hybridized carbons (Fsp3) is 0. The topological polar surface area (TPSA) is 61.0 Å². The summed E-state index contributed by atoms with van der Waals surface area (Å²) in [4.78, 5) is 0. The van der Waals surface area contributed by atoms with Crippen molar-refractivity contribution in [1.82, 2.24) is 6.15 Å². The van der Waals surface area contributed by atoms with Crippen molar-refractivity contribution in [1.29, 1.82) is 0 Å². The van der Waals surface area contributed by atoms with Gasteiger partial charge in [0.2, 0.25) is 0 Å². The summed E-state index contributed by atoms with van der Waals surface area (Å²) in [5.41, 5.74) is 4.00. The summed E-state index contributed by atoms with van der Waals surface area (Å²) < 4.78 is 0. The molecule has 0 aromatic heterocycles. The molecule has 0 aromatic rings. The normalized spacial score (nSPS) is 1.25. The molecule has 0 aliphatic rings. The van der Waals surface area contributed by atoms with Gasteiger partial charge in [-0.25, -0.2) is 0 Å². The average molecular weight is 86.0 g/mol. The molecule has 0 fully saturated rings. The maximum Gasteiger partial charge on any atom is 2.00 e. The molecule has 0 aliphatic carbocycles. The summed E-state index contributed by atoms with van der Waals surface area (Å²) in [5.74, 6) is 0. The summed E-state index contributed by atoms with van der Waals surface area (Å²) in [5, 5.41) is 0. The second kappa shape index (κ2) is 28.8. The molecular formula is H7BCaN2. The molecule has 2 radical (unpaired) electrons. The van der Waals surface area contributed by atoms with Gasteiger partial charge in [-0.05, 0) is 0 Å². The van der Waals surface area contributed by atoms with E-state index >= 15 is 0 Å². The van der Waals surface area contributed by atoms with Crippen LogP contribution in [0.1, 0.15) is 2.85 Å². The van der Waals surface area contributed by atoms with Gasteiger partial charge in [0.05, 0.1) is 0 Å². The van der Waals surface area contributed by atoms with Crippen molar-refractivity contribution in [2.24, 2.45) is 5.64 Å². The van der Waals surface area contributed by atoms with Crippen molar-refractivity contribution >= 4 is 45.7 Å². The molecule has 0 bridgehead atoms. The van der Waals surface area contributed by atoms with Crippen LogP contribution >= 0.6 is 0 Å². The van der Waals surface area contributed by atoms with Gasteiger partial charge in [-0.3, -0.25) is 0 Å². The zero-order valence-electron chi connectivity index (χ0n) is 4.57. The van der Waals surface area contributed by atoms with Crippen LogP contribution in [0, 0.1) is 0 Å². The van der Waals surface area contributed by atoms with Gasteiger partial charge in [-0.2, -0.15) is 0 Å². The van der Waals surface area contributed by atoms with Gasteiger partial charge in [-0.1, -0.05) is 0 Å². The van der Waals surface area contributed by atoms with Crippen molar-refractivity contribution in [3.63, 3.8) is 0 Å². The standard InChI is InChI=1S/BH2N.Ca.H3N.2H/c1-2;;;;/h2H2;;1H3;;/q;+2;;2*-1. The van der Waals surface area contributed by atoms with Gasteiger partial charge >= 0.3 is 37.7 Å². The van der Waals surface area contributed by atoms with Gasteiger partial charge in [0.25, 0.3) is 0 Å². The van der Waals surface area contributed by atoms with E-state index in [1.807, 2.05) is 0 Å². The van der Waals surface area contributed by atoms with E-state index in [0.29, 0.717) is 0 Å². The number of hydrogen-bond donors (Lipinski definition) is 2. The zero-order chi connectivity index (χ0) is 2.00. The van der Waals surface area contributed by atoms with Crippen molar-refractivity contribution in [2.45, 2.75) is 0 Å². The fourth-order valence-corrected chi connectivity index (χ4v) is 0. The Balaban J connectivity index is -0.000000000833. The van der Waals surface area contributed by atoms with Crippen LogP contribution in [0.4, 0.5) is 0 Å². The van der Waals surface area contributed by atoms with E-state index in [0.717, 1.165) is 0 Å². The molecule has 4 heteroatoms. The SMILES string of the molecule is N.[B]N.[Ca+2].[H-].[H-]. The molecule has 5 N–H and O–H groups in total. The van der Waals surface area contributed by atoms with E-state index in [-0.39, 0.29) is 46.7 Å². The molecule has 2 nitrogen and oxygen atoms in total. The quantitative estimate of drug-likeness (QED) is 0.373. The molecule has 22 valence electrons. The van der Waals surface area contributed by atoms with Crippen LogP contribution in [0.5, 0.6) is 0 Å². The minimum atomic E-state index is 0. The number of nitrogens with two attached hydrogens (primary N) is 1. The van der Waals surface area contributed by atoms with Crippen LogP contribution < -0.4 is 11.8 Å². The van der Waals surface area contributed by atoms with E-state index in [1.165, 1.54) is 0 Å². The Hall–Kier alpha value is 1.24. The van der Waals surface area contributed by atoms with E-state index in [2.05, 4.69) is 13.6 Å². The summed E-state index contributed by atoms with van der Waals surface area (Å²) in [7, 11) is 4.00. The Morgan fingerprint density at radius 2 is 1.50 bits per heavy atom. The molecule has 0 spiro atoms. The molecule has 0 aromatic carbocycles. The number of hydrogen-bond acceptors (Lipinski definition) is 2. The van der Waals surface area contributed by atoms with Crippen LogP contribution in [0.3, 0.4) is 0 Å². The molecule has 0 unspecified atom stereocenters. The monoisotopic (exact) mass is 86.0 g/mol. The van der Waals surface area contributed by atoms with Crippen LogP contribution in [-0.2, 0) is 0 Å². The summed E-state index contributed by atoms with van der Waals surface area (Å²) >= 11 is 0. The summed E-state index contributed by atoms with van der Waals surface area (Å²) in [6, 6.07) is 0. The van der Waals surface area contributed by atoms with Crippen molar-refractivity contribution in [2.75, 3.05) is 0 Å². The Bertz CT molecular complexity index is 11.5. The Kier molecular flexibility index (Phi) is 135. The third-order valence-electron chi connectivity index (χ3n) is 0. The van der Waals surface area contributed by atoms with Gasteiger partial charge in [-0.15, -0.1) is 0 Å². The van der Waals surface area contributed by atoms with Crippen LogP contribution in [-0.4, -0.2) is 45.7 Å². The Morgan fingerprint density at radius 1 is 1.50 bits per heavy atom. The third kappa shape index (κ3) is 10.6. The third-order valence-corrected chi connectivity index (χ3v) is 0. The largest absolute Gasteiger partial charge is 2.00 e. The van der Waals surface area contributed by atoms with Gasteiger partial charge in [0.15, 0.2) is 7.98 Å². The smallest absolute Gasteiger partial charge is 1.00 e. The van der Waals surface area contributed by atoms with E-state index in [4.69, 9.17) is 0 Å². The molecule has 0 heterocycles. The second-order valence-electron chi connectivity index (χ2n) is 0. The first-order chi connectivity index (χ1) is 1.00. The molecule has 0 aliphatic heterocycles. The predicted molar refractivity (Wildman–Crippen MR) is 22.9 cm³/mol. The first-order valence-corrected chi connectivity index (χ1v) is 0.333. The minimum Gasteiger partial charge on any atom is -1.00 e. The van der Waals surface area contributed by atoms with Crippen molar-refractivity contribution < 1.29 is 2.85 Å². The minimum absolute atomic E-state index is 0. The van der Waals surface area contributed by atoms with Crippen molar-refractivity contribution in [3.8, 4) is 0 Å². The molecule has 0 atom stereocenters. The summed E-state index contributed by atoms with van der Waals surface area (Å²) in [6.07, 6.45) is 0. The molecular weight excluding hydrogens is 78.9 g/mol. The first-order valence-electron chi connectivity index (χ1n) is 0.333. The van der Waals surface area contributed by atoms with Crippen LogP contribution in [0.25, 0.3) is 0 Å². The maximum atomic E-state index is 4.00. The van der Waals surface area contributed by atoms with Crippen LogP contribution in [0.2, 0.25) is 0 Å². The van der Waals surface area contributed by atoms with Gasteiger partial charge in [0.1, 0.15) is 0 Å². The van der Waals surface area contributed by atoms with Crippen molar-refractivity contribution in [3.05, 3.63) is 0 Å². The second-order valence-corrected chi connectivity index (χ2v) is 0.